The molecule has 0 saturated heterocycles. The van der Waals surface area contributed by atoms with E-state index in [1.165, 1.54) is 5.56 Å². The minimum atomic E-state index is 0.661. The lowest BCUT2D eigenvalue weighted by molar-refractivity contribution is 0.336. The van der Waals surface area contributed by atoms with E-state index in [0.29, 0.717) is 6.61 Å². The summed E-state index contributed by atoms with van der Waals surface area (Å²) in [4.78, 5) is 0. The van der Waals surface area contributed by atoms with Crippen LogP contribution in [0.5, 0.6) is 5.75 Å². The van der Waals surface area contributed by atoms with E-state index in [1.807, 2.05) is 13.0 Å². The van der Waals surface area contributed by atoms with E-state index in [4.69, 9.17) is 4.74 Å². The Labute approximate surface area is 120 Å². The van der Waals surface area contributed by atoms with E-state index in [0.717, 1.165) is 34.2 Å². The van der Waals surface area contributed by atoms with Gasteiger partial charge >= 0.3 is 0 Å². The molecule has 0 aromatic heterocycles. The maximum absolute atomic E-state index is 5.54. The molecular formula is C13H17Br2NO. The van der Waals surface area contributed by atoms with Gasteiger partial charge in [-0.2, -0.15) is 0 Å². The van der Waals surface area contributed by atoms with Gasteiger partial charge in [-0.3, -0.25) is 0 Å². The predicted molar refractivity (Wildman–Crippen MR) is 79.5 cm³/mol. The fourth-order valence-corrected chi connectivity index (χ4v) is 2.94. The largest absolute Gasteiger partial charge is 0.492 e. The molecule has 1 N–H and O–H groups in total. The molecule has 0 aliphatic rings. The zero-order valence-electron chi connectivity index (χ0n) is 9.93. The second-order valence-corrected chi connectivity index (χ2v) is 5.28. The number of nitrogens with one attached hydrogen (secondary N) is 1. The number of hydrogen-bond donors (Lipinski definition) is 1. The number of halogens is 2. The first kappa shape index (κ1) is 14.7. The monoisotopic (exact) mass is 361 g/mol. The molecule has 2 nitrogen and oxygen atoms in total. The van der Waals surface area contributed by atoms with Gasteiger partial charge in [-0.1, -0.05) is 6.08 Å². The molecule has 0 aliphatic heterocycles. The average molecular weight is 363 g/mol. The fraction of sp³-hybridized carbons (Fsp3) is 0.385. The fourth-order valence-electron chi connectivity index (χ4n) is 1.43. The molecule has 17 heavy (non-hydrogen) atoms. The van der Waals surface area contributed by atoms with Crippen LogP contribution in [0.15, 0.2) is 33.7 Å². The van der Waals surface area contributed by atoms with Gasteiger partial charge in [0.05, 0.1) is 15.6 Å². The van der Waals surface area contributed by atoms with Crippen molar-refractivity contribution in [3.05, 3.63) is 39.3 Å². The zero-order chi connectivity index (χ0) is 12.7. The maximum Gasteiger partial charge on any atom is 0.147 e. The van der Waals surface area contributed by atoms with Crippen molar-refractivity contribution in [1.82, 2.24) is 5.32 Å². The van der Waals surface area contributed by atoms with E-state index >= 15 is 0 Å². The Bertz CT molecular complexity index is 357. The van der Waals surface area contributed by atoms with Gasteiger partial charge < -0.3 is 10.1 Å². The standard InChI is InChI=1S/C13H17Br2NO/c1-3-5-6-16-9-10-7-11(14)13(17-4-2)12(15)8-10/h3,7-8,16H,1,4-6,9H2,2H3. The molecule has 0 fully saturated rings. The van der Waals surface area contributed by atoms with Crippen LogP contribution in [0, 0.1) is 0 Å². The molecule has 1 aromatic carbocycles. The molecule has 0 spiro atoms. The Hall–Kier alpha value is -0.320. The summed E-state index contributed by atoms with van der Waals surface area (Å²) in [7, 11) is 0. The SMILES string of the molecule is C=CCCNCc1cc(Br)c(OCC)c(Br)c1. The highest BCUT2D eigenvalue weighted by atomic mass is 79.9. The summed E-state index contributed by atoms with van der Waals surface area (Å²) in [6, 6.07) is 4.16. The van der Waals surface area contributed by atoms with Crippen LogP contribution in [0.1, 0.15) is 18.9 Å². The molecule has 1 aromatic rings. The first-order valence-corrected chi connectivity index (χ1v) is 7.20. The van der Waals surface area contributed by atoms with Crippen LogP contribution >= 0.6 is 31.9 Å². The van der Waals surface area contributed by atoms with E-state index in [9.17, 15) is 0 Å². The third kappa shape index (κ3) is 4.82. The van der Waals surface area contributed by atoms with Crippen molar-refractivity contribution < 1.29 is 4.74 Å². The number of rotatable bonds is 7. The normalized spacial score (nSPS) is 10.3. The molecule has 0 unspecified atom stereocenters. The molecule has 94 valence electrons. The predicted octanol–water partition coefficient (Wildman–Crippen LogP) is 4.28. The minimum Gasteiger partial charge on any atom is -0.492 e. The highest BCUT2D eigenvalue weighted by Crippen LogP contribution is 2.34. The van der Waals surface area contributed by atoms with E-state index in [-0.39, 0.29) is 0 Å². The molecule has 4 heteroatoms. The van der Waals surface area contributed by atoms with Crippen LogP contribution in [-0.2, 0) is 6.54 Å². The summed E-state index contributed by atoms with van der Waals surface area (Å²) >= 11 is 7.05. The second kappa shape index (κ2) is 7.90. The summed E-state index contributed by atoms with van der Waals surface area (Å²) in [6.07, 6.45) is 2.90. The van der Waals surface area contributed by atoms with Gasteiger partial charge in [-0.25, -0.2) is 0 Å². The maximum atomic E-state index is 5.54. The van der Waals surface area contributed by atoms with Gasteiger partial charge in [0.2, 0.25) is 0 Å². The molecule has 0 aliphatic carbocycles. The van der Waals surface area contributed by atoms with Crippen molar-refractivity contribution in [2.75, 3.05) is 13.2 Å². The van der Waals surface area contributed by atoms with E-state index in [2.05, 4.69) is 55.9 Å². The molecule has 1 rings (SSSR count). The quantitative estimate of drug-likeness (QED) is 0.577. The van der Waals surface area contributed by atoms with Crippen LogP contribution < -0.4 is 10.1 Å². The van der Waals surface area contributed by atoms with Crippen molar-refractivity contribution in [1.29, 1.82) is 0 Å². The van der Waals surface area contributed by atoms with Crippen molar-refractivity contribution in [2.24, 2.45) is 0 Å². The molecule has 0 bridgehead atoms. The van der Waals surface area contributed by atoms with Crippen molar-refractivity contribution in [2.45, 2.75) is 19.9 Å². The highest BCUT2D eigenvalue weighted by Gasteiger charge is 2.08. The van der Waals surface area contributed by atoms with Crippen LogP contribution in [0.4, 0.5) is 0 Å². The molecule has 0 atom stereocenters. The van der Waals surface area contributed by atoms with Gasteiger partial charge in [-0.05, 0) is 69.4 Å². The molecule has 0 radical (unpaired) electrons. The lowest BCUT2D eigenvalue weighted by Gasteiger charge is -2.11. The lowest BCUT2D eigenvalue weighted by Crippen LogP contribution is -2.14. The molecular weight excluding hydrogens is 346 g/mol. The van der Waals surface area contributed by atoms with Crippen LogP contribution in [-0.4, -0.2) is 13.2 Å². The zero-order valence-corrected chi connectivity index (χ0v) is 13.1. The Balaban J connectivity index is 2.66. The first-order valence-electron chi connectivity index (χ1n) is 5.61. The lowest BCUT2D eigenvalue weighted by atomic mass is 10.2. The van der Waals surface area contributed by atoms with Crippen molar-refractivity contribution in [3.63, 3.8) is 0 Å². The Morgan fingerprint density at radius 3 is 2.53 bits per heavy atom. The van der Waals surface area contributed by atoms with E-state index < -0.39 is 0 Å². The molecule has 0 heterocycles. The third-order valence-electron chi connectivity index (χ3n) is 2.20. The topological polar surface area (TPSA) is 21.3 Å². The van der Waals surface area contributed by atoms with E-state index in [1.54, 1.807) is 0 Å². The van der Waals surface area contributed by atoms with Gasteiger partial charge in [-0.15, -0.1) is 6.58 Å². The van der Waals surface area contributed by atoms with Gasteiger partial charge in [0.1, 0.15) is 5.75 Å². The number of ether oxygens (including phenoxy) is 1. The average Bonchev–Trinajstić information content (AvgIpc) is 2.29. The first-order chi connectivity index (χ1) is 8.19. The van der Waals surface area contributed by atoms with Crippen LogP contribution in [0.25, 0.3) is 0 Å². The summed E-state index contributed by atoms with van der Waals surface area (Å²) in [5.41, 5.74) is 1.22. The minimum absolute atomic E-state index is 0.661. The summed E-state index contributed by atoms with van der Waals surface area (Å²) in [5.74, 6) is 0.863. The third-order valence-corrected chi connectivity index (χ3v) is 3.38. The number of benzene rings is 1. The molecule has 0 amide bonds. The summed E-state index contributed by atoms with van der Waals surface area (Å²) < 4.78 is 7.50. The van der Waals surface area contributed by atoms with Gasteiger partial charge in [0.15, 0.2) is 0 Å². The van der Waals surface area contributed by atoms with Crippen molar-refractivity contribution >= 4 is 31.9 Å². The molecule has 0 saturated carbocycles. The summed E-state index contributed by atoms with van der Waals surface area (Å²) in [6.45, 7) is 8.13. The summed E-state index contributed by atoms with van der Waals surface area (Å²) in [5, 5.41) is 3.35. The van der Waals surface area contributed by atoms with Crippen LogP contribution in [0.3, 0.4) is 0 Å². The van der Waals surface area contributed by atoms with Crippen molar-refractivity contribution in [3.8, 4) is 5.75 Å². The van der Waals surface area contributed by atoms with Gasteiger partial charge in [0.25, 0.3) is 0 Å². The number of hydrogen-bond acceptors (Lipinski definition) is 2. The Morgan fingerprint density at radius 2 is 2.00 bits per heavy atom. The highest BCUT2D eigenvalue weighted by molar-refractivity contribution is 9.11. The van der Waals surface area contributed by atoms with Crippen LogP contribution in [0.2, 0.25) is 0 Å². The Morgan fingerprint density at radius 1 is 1.35 bits per heavy atom. The van der Waals surface area contributed by atoms with Gasteiger partial charge in [0, 0.05) is 6.54 Å². The Kier molecular flexibility index (Phi) is 6.85. The smallest absolute Gasteiger partial charge is 0.147 e. The second-order valence-electron chi connectivity index (χ2n) is 3.58.